The van der Waals surface area contributed by atoms with Crippen molar-refractivity contribution < 1.29 is 13.2 Å². The number of likely N-dealkylation sites (tertiary alicyclic amines) is 1. The van der Waals surface area contributed by atoms with Gasteiger partial charge in [-0.1, -0.05) is 0 Å². The number of halogens is 3. The van der Waals surface area contributed by atoms with Gasteiger partial charge in [0.25, 0.3) is 0 Å². The van der Waals surface area contributed by atoms with Gasteiger partial charge < -0.3 is 0 Å². The molecule has 9 heteroatoms. The number of rotatable bonds is 3. The smallest absolute Gasteiger partial charge is 0.295 e. The van der Waals surface area contributed by atoms with Crippen LogP contribution in [-0.4, -0.2) is 38.2 Å². The van der Waals surface area contributed by atoms with E-state index in [4.69, 9.17) is 5.26 Å². The first kappa shape index (κ1) is 17.0. The van der Waals surface area contributed by atoms with Crippen molar-refractivity contribution in [3.63, 3.8) is 0 Å². The lowest BCUT2D eigenvalue weighted by molar-refractivity contribution is -0.137. The van der Waals surface area contributed by atoms with Crippen LogP contribution in [0.15, 0.2) is 24.3 Å². The Morgan fingerprint density at radius 2 is 1.96 bits per heavy atom. The fraction of sp³-hybridized carbons (Fsp3) is 0.529. The lowest BCUT2D eigenvalue weighted by Gasteiger charge is -2.42. The van der Waals surface area contributed by atoms with E-state index in [1.165, 1.54) is 16.8 Å². The summed E-state index contributed by atoms with van der Waals surface area (Å²) < 4.78 is 39.6. The Labute approximate surface area is 148 Å². The molecule has 1 aromatic heterocycles. The second-order valence-electron chi connectivity index (χ2n) is 7.25. The van der Waals surface area contributed by atoms with Gasteiger partial charge in [-0.05, 0) is 65.9 Å². The fourth-order valence-electron chi connectivity index (χ4n) is 4.07. The van der Waals surface area contributed by atoms with Crippen molar-refractivity contribution in [1.29, 1.82) is 5.26 Å². The van der Waals surface area contributed by atoms with Crippen molar-refractivity contribution in [2.75, 3.05) is 13.1 Å². The van der Waals surface area contributed by atoms with E-state index in [0.29, 0.717) is 18.1 Å². The SMILES string of the molecule is N#CC1CC2(CCN(Cc3nnnn3-c3ccc(C(F)(F)F)cc3)C2)C1. The van der Waals surface area contributed by atoms with E-state index in [-0.39, 0.29) is 11.3 Å². The number of nitriles is 1. The molecule has 4 rings (SSSR count). The van der Waals surface area contributed by atoms with Crippen LogP contribution in [0.2, 0.25) is 0 Å². The summed E-state index contributed by atoms with van der Waals surface area (Å²) in [5.41, 5.74) is 0.0435. The predicted molar refractivity (Wildman–Crippen MR) is 84.8 cm³/mol. The summed E-state index contributed by atoms with van der Waals surface area (Å²) >= 11 is 0. The van der Waals surface area contributed by atoms with E-state index in [1.54, 1.807) is 0 Å². The maximum absolute atomic E-state index is 12.7. The molecule has 6 nitrogen and oxygen atoms in total. The molecule has 2 fully saturated rings. The average molecular weight is 362 g/mol. The molecule has 2 heterocycles. The molecule has 0 atom stereocenters. The maximum atomic E-state index is 12.7. The van der Waals surface area contributed by atoms with Crippen LogP contribution in [0.4, 0.5) is 13.2 Å². The minimum absolute atomic E-state index is 0.174. The van der Waals surface area contributed by atoms with Crippen molar-refractivity contribution in [3.8, 4) is 11.8 Å². The molecule has 1 aliphatic heterocycles. The van der Waals surface area contributed by atoms with Crippen LogP contribution in [0.1, 0.15) is 30.7 Å². The van der Waals surface area contributed by atoms with Crippen LogP contribution in [0.3, 0.4) is 0 Å². The van der Waals surface area contributed by atoms with E-state index >= 15 is 0 Å². The Kier molecular flexibility index (Phi) is 3.95. The number of nitrogens with zero attached hydrogens (tertiary/aromatic N) is 6. The standard InChI is InChI=1S/C17H17F3N6/c18-17(19,20)13-1-3-14(4-2-13)26-15(22-23-24-26)10-25-6-5-16(11-25)7-12(8-16)9-21/h1-4,12H,5-8,10-11H2. The van der Waals surface area contributed by atoms with Crippen molar-refractivity contribution in [1.82, 2.24) is 25.1 Å². The molecular formula is C17H17F3N6. The second kappa shape index (κ2) is 6.06. The summed E-state index contributed by atoms with van der Waals surface area (Å²) in [6, 6.07) is 7.13. The van der Waals surface area contributed by atoms with Gasteiger partial charge in [0.05, 0.1) is 23.9 Å². The van der Waals surface area contributed by atoms with Gasteiger partial charge >= 0.3 is 6.18 Å². The molecule has 0 radical (unpaired) electrons. The van der Waals surface area contributed by atoms with Gasteiger partial charge in [-0.3, -0.25) is 4.90 Å². The number of alkyl halides is 3. The van der Waals surface area contributed by atoms with Gasteiger partial charge in [0.15, 0.2) is 5.82 Å². The van der Waals surface area contributed by atoms with Crippen LogP contribution >= 0.6 is 0 Å². The number of aromatic nitrogens is 4. The normalized spacial score (nSPS) is 26.0. The van der Waals surface area contributed by atoms with E-state index in [1.807, 2.05) is 0 Å². The molecule has 1 aromatic carbocycles. The quantitative estimate of drug-likeness (QED) is 0.840. The third-order valence-corrected chi connectivity index (χ3v) is 5.40. The Morgan fingerprint density at radius 3 is 2.62 bits per heavy atom. The van der Waals surface area contributed by atoms with Gasteiger partial charge in [-0.25, -0.2) is 0 Å². The molecule has 2 aromatic rings. The Balaban J connectivity index is 1.46. The van der Waals surface area contributed by atoms with Gasteiger partial charge in [0.2, 0.25) is 0 Å². The first-order valence-electron chi connectivity index (χ1n) is 8.45. The third-order valence-electron chi connectivity index (χ3n) is 5.40. The molecule has 0 N–H and O–H groups in total. The van der Waals surface area contributed by atoms with Crippen LogP contribution in [-0.2, 0) is 12.7 Å². The van der Waals surface area contributed by atoms with Crippen molar-refractivity contribution in [2.45, 2.75) is 32.0 Å². The van der Waals surface area contributed by atoms with Crippen molar-refractivity contribution in [2.24, 2.45) is 11.3 Å². The number of tetrazole rings is 1. The molecule has 136 valence electrons. The van der Waals surface area contributed by atoms with Crippen LogP contribution in [0.25, 0.3) is 5.69 Å². The highest BCUT2D eigenvalue weighted by Crippen LogP contribution is 2.51. The summed E-state index contributed by atoms with van der Waals surface area (Å²) in [7, 11) is 0. The molecule has 1 saturated carbocycles. The Morgan fingerprint density at radius 1 is 1.23 bits per heavy atom. The zero-order valence-corrected chi connectivity index (χ0v) is 13.9. The summed E-state index contributed by atoms with van der Waals surface area (Å²) in [6.07, 6.45) is -1.41. The topological polar surface area (TPSA) is 70.6 Å². The molecule has 1 spiro atoms. The van der Waals surface area contributed by atoms with Crippen LogP contribution in [0, 0.1) is 22.7 Å². The lowest BCUT2D eigenvalue weighted by Crippen LogP contribution is -2.39. The highest BCUT2D eigenvalue weighted by Gasteiger charge is 2.48. The van der Waals surface area contributed by atoms with Gasteiger partial charge in [-0.15, -0.1) is 5.10 Å². The fourth-order valence-corrected chi connectivity index (χ4v) is 4.07. The van der Waals surface area contributed by atoms with E-state index in [9.17, 15) is 13.2 Å². The summed E-state index contributed by atoms with van der Waals surface area (Å²) in [5, 5.41) is 20.6. The minimum Gasteiger partial charge on any atom is -0.295 e. The molecule has 26 heavy (non-hydrogen) atoms. The maximum Gasteiger partial charge on any atom is 0.416 e. The zero-order chi connectivity index (χ0) is 18.4. The molecule has 0 unspecified atom stereocenters. The van der Waals surface area contributed by atoms with E-state index in [2.05, 4.69) is 26.5 Å². The molecular weight excluding hydrogens is 345 g/mol. The first-order chi connectivity index (χ1) is 12.4. The lowest BCUT2D eigenvalue weighted by atomic mass is 9.62. The predicted octanol–water partition coefficient (Wildman–Crippen LogP) is 2.81. The van der Waals surface area contributed by atoms with Gasteiger partial charge in [-0.2, -0.15) is 23.1 Å². The van der Waals surface area contributed by atoms with Crippen LogP contribution < -0.4 is 0 Å². The van der Waals surface area contributed by atoms with E-state index in [0.717, 1.165) is 44.5 Å². The number of hydrogen-bond acceptors (Lipinski definition) is 5. The minimum atomic E-state index is -4.37. The van der Waals surface area contributed by atoms with E-state index < -0.39 is 11.7 Å². The van der Waals surface area contributed by atoms with Gasteiger partial charge in [0.1, 0.15) is 0 Å². The zero-order valence-electron chi connectivity index (χ0n) is 13.9. The van der Waals surface area contributed by atoms with Gasteiger partial charge in [0, 0.05) is 12.5 Å². The Bertz CT molecular complexity index is 829. The second-order valence-corrected chi connectivity index (χ2v) is 7.25. The molecule has 1 saturated heterocycles. The van der Waals surface area contributed by atoms with Crippen LogP contribution in [0.5, 0.6) is 0 Å². The third kappa shape index (κ3) is 3.05. The summed E-state index contributed by atoms with van der Waals surface area (Å²) in [4.78, 5) is 2.25. The molecule has 2 aliphatic rings. The largest absolute Gasteiger partial charge is 0.416 e. The first-order valence-corrected chi connectivity index (χ1v) is 8.45. The summed E-state index contributed by atoms with van der Waals surface area (Å²) in [5.74, 6) is 0.769. The highest BCUT2D eigenvalue weighted by atomic mass is 19.4. The monoisotopic (exact) mass is 362 g/mol. The number of hydrogen-bond donors (Lipinski definition) is 0. The summed E-state index contributed by atoms with van der Waals surface area (Å²) in [6.45, 7) is 2.36. The molecule has 0 bridgehead atoms. The van der Waals surface area contributed by atoms with Crippen molar-refractivity contribution in [3.05, 3.63) is 35.7 Å². The number of benzene rings is 1. The molecule has 0 amide bonds. The molecule has 1 aliphatic carbocycles. The van der Waals surface area contributed by atoms with Crippen molar-refractivity contribution >= 4 is 0 Å². The average Bonchev–Trinajstić information content (AvgIpc) is 3.20. The highest BCUT2D eigenvalue weighted by molar-refractivity contribution is 5.35. The Hall–Kier alpha value is -2.47.